The summed E-state index contributed by atoms with van der Waals surface area (Å²) in [5.41, 5.74) is 5.71. The topological polar surface area (TPSA) is 118 Å². The minimum atomic E-state index is -0.598. The Hall–Kier alpha value is -4.25. The van der Waals surface area contributed by atoms with Gasteiger partial charge in [0.05, 0.1) is 27.3 Å². The van der Waals surface area contributed by atoms with Crippen molar-refractivity contribution in [2.75, 3.05) is 14.1 Å². The molecule has 1 saturated carbocycles. The predicted molar refractivity (Wildman–Crippen MR) is 148 cm³/mol. The molecule has 0 aliphatic heterocycles. The van der Waals surface area contributed by atoms with Gasteiger partial charge in [-0.15, -0.1) is 21.5 Å². The molecule has 0 unspecified atom stereocenters. The number of aromatic nitrogens is 6. The van der Waals surface area contributed by atoms with Crippen LogP contribution in [0, 0.1) is 5.92 Å². The van der Waals surface area contributed by atoms with E-state index in [9.17, 15) is 9.59 Å². The Balaban J connectivity index is 1.27. The highest BCUT2D eigenvalue weighted by atomic mass is 32.1. The molecule has 1 fully saturated rings. The van der Waals surface area contributed by atoms with E-state index in [1.54, 1.807) is 48.3 Å². The van der Waals surface area contributed by atoms with Gasteiger partial charge in [-0.05, 0) is 48.6 Å². The highest BCUT2D eigenvalue weighted by molar-refractivity contribution is 7.16. The zero-order valence-corrected chi connectivity index (χ0v) is 22.9. The molecule has 5 aromatic rings. The lowest BCUT2D eigenvalue weighted by Gasteiger charge is -2.24. The fourth-order valence-corrected chi connectivity index (χ4v) is 5.57. The summed E-state index contributed by atoms with van der Waals surface area (Å²) in [5, 5.41) is 16.5. The Kier molecular flexibility index (Phi) is 6.10. The van der Waals surface area contributed by atoms with Gasteiger partial charge in [-0.25, -0.2) is 9.97 Å². The second kappa shape index (κ2) is 9.49. The summed E-state index contributed by atoms with van der Waals surface area (Å²) in [6, 6.07) is 12.9. The molecular weight excluding hydrogens is 512 g/mol. The quantitative estimate of drug-likeness (QED) is 0.334. The third-order valence-electron chi connectivity index (χ3n) is 7.30. The van der Waals surface area contributed by atoms with Gasteiger partial charge in [-0.2, -0.15) is 9.61 Å². The molecule has 2 amide bonds. The van der Waals surface area contributed by atoms with Crippen LogP contribution in [0.3, 0.4) is 0 Å². The van der Waals surface area contributed by atoms with E-state index in [0.29, 0.717) is 17.0 Å². The van der Waals surface area contributed by atoms with Crippen LogP contribution in [0.1, 0.15) is 48.4 Å². The molecule has 0 spiro atoms. The number of nitrogens with zero attached hydrogens (tertiary/aromatic N) is 7. The number of hydrogen-bond acceptors (Lipinski definition) is 8. The first kappa shape index (κ1) is 25.1. The maximum Gasteiger partial charge on any atom is 0.271 e. The Morgan fingerprint density at radius 3 is 2.51 bits per heavy atom. The lowest BCUT2D eigenvalue weighted by atomic mass is 9.95. The van der Waals surface area contributed by atoms with Gasteiger partial charge < -0.3 is 10.2 Å². The highest BCUT2D eigenvalue weighted by Gasteiger charge is 2.50. The monoisotopic (exact) mass is 540 g/mol. The van der Waals surface area contributed by atoms with E-state index in [2.05, 4.69) is 43.7 Å². The fraction of sp³-hybridized carbons (Fsp3) is 0.321. The Morgan fingerprint density at radius 1 is 1.05 bits per heavy atom. The summed E-state index contributed by atoms with van der Waals surface area (Å²) < 4.78 is 2.88. The van der Waals surface area contributed by atoms with Crippen LogP contribution in [0.2, 0.25) is 0 Å². The van der Waals surface area contributed by atoms with E-state index >= 15 is 0 Å². The third kappa shape index (κ3) is 4.42. The van der Waals surface area contributed by atoms with Crippen LogP contribution in [0.25, 0.3) is 27.3 Å². The zero-order chi connectivity index (χ0) is 27.3. The minimum Gasteiger partial charge on any atom is -0.347 e. The summed E-state index contributed by atoms with van der Waals surface area (Å²) in [4.78, 5) is 35.8. The summed E-state index contributed by atoms with van der Waals surface area (Å²) in [5.74, 6) is 0.745. The average molecular weight is 541 g/mol. The van der Waals surface area contributed by atoms with Crippen molar-refractivity contribution < 1.29 is 9.59 Å². The molecule has 3 aromatic heterocycles. The van der Waals surface area contributed by atoms with E-state index in [-0.39, 0.29) is 23.1 Å². The van der Waals surface area contributed by atoms with Gasteiger partial charge in [0.25, 0.3) is 11.7 Å². The molecule has 1 N–H and O–H groups in total. The van der Waals surface area contributed by atoms with Gasteiger partial charge in [-0.3, -0.25) is 9.59 Å². The average Bonchev–Trinajstić information content (AvgIpc) is 3.40. The number of benzene rings is 2. The number of hydrogen-bond donors (Lipinski definition) is 1. The van der Waals surface area contributed by atoms with Crippen molar-refractivity contribution in [2.45, 2.75) is 38.1 Å². The molecular formula is C28H28N8O2S. The van der Waals surface area contributed by atoms with Crippen LogP contribution in [0.4, 0.5) is 0 Å². The first-order valence-corrected chi connectivity index (χ1v) is 13.7. The van der Waals surface area contributed by atoms with Gasteiger partial charge in [0.2, 0.25) is 5.91 Å². The molecule has 10 nitrogen and oxygen atoms in total. The van der Waals surface area contributed by atoms with E-state index in [0.717, 1.165) is 34.4 Å². The number of fused-ring (bicyclic) bond motifs is 2. The first-order chi connectivity index (χ1) is 18.8. The number of carbonyl (C=O) groups excluding carboxylic acids is 2. The molecule has 1 aliphatic rings. The van der Waals surface area contributed by atoms with Crippen LogP contribution in [0.5, 0.6) is 0 Å². The van der Waals surface area contributed by atoms with E-state index < -0.39 is 6.04 Å². The molecule has 1 atom stereocenters. The summed E-state index contributed by atoms with van der Waals surface area (Å²) in [6.07, 6.45) is 3.58. The lowest BCUT2D eigenvalue weighted by molar-refractivity contribution is -0.131. The van der Waals surface area contributed by atoms with Crippen LogP contribution >= 0.6 is 11.3 Å². The Morgan fingerprint density at radius 2 is 1.82 bits per heavy atom. The normalized spacial score (nSPS) is 15.0. The predicted octanol–water partition coefficient (Wildman–Crippen LogP) is 3.72. The largest absolute Gasteiger partial charge is 0.347 e. The van der Waals surface area contributed by atoms with Crippen molar-refractivity contribution in [3.05, 3.63) is 71.1 Å². The van der Waals surface area contributed by atoms with Crippen LogP contribution in [-0.2, 0) is 10.2 Å². The van der Waals surface area contributed by atoms with Crippen molar-refractivity contribution in [1.29, 1.82) is 0 Å². The molecule has 198 valence electrons. The molecule has 2 aromatic carbocycles. The number of amides is 2. The maximum absolute atomic E-state index is 12.9. The molecule has 0 saturated heterocycles. The van der Waals surface area contributed by atoms with Crippen molar-refractivity contribution in [3.8, 4) is 11.3 Å². The van der Waals surface area contributed by atoms with Crippen molar-refractivity contribution in [3.63, 3.8) is 0 Å². The van der Waals surface area contributed by atoms with Gasteiger partial charge in [-0.1, -0.05) is 32.0 Å². The SMILES string of the molecule is CC(C)[C@H](NC(=O)c1ccc(-c2cnc3nnc(C4(c5ccc6ncsc6c5)CC4)n3n2)cc1)C(=O)N(C)C. The van der Waals surface area contributed by atoms with Crippen molar-refractivity contribution in [1.82, 2.24) is 40.0 Å². The third-order valence-corrected chi connectivity index (χ3v) is 8.09. The fourth-order valence-electron chi connectivity index (χ4n) is 4.86. The standard InChI is InChI=1S/C28H28N8O2S/c1-16(2)23(25(38)35(3)4)31-24(37)18-7-5-17(6-8-18)21-14-29-27-33-32-26(36(27)34-21)28(11-12-28)19-9-10-20-22(13-19)39-15-30-20/h5-10,13-16,23H,11-12H2,1-4H3,(H,31,37)/t23-/m0/s1. The van der Waals surface area contributed by atoms with Gasteiger partial charge in [0, 0.05) is 25.2 Å². The number of nitrogens with one attached hydrogen (secondary N) is 1. The number of carbonyl (C=O) groups is 2. The van der Waals surface area contributed by atoms with E-state index in [4.69, 9.17) is 5.10 Å². The molecule has 1 aliphatic carbocycles. The van der Waals surface area contributed by atoms with Crippen molar-refractivity contribution in [2.24, 2.45) is 5.92 Å². The van der Waals surface area contributed by atoms with Gasteiger partial charge in [0.1, 0.15) is 11.7 Å². The second-order valence-corrected chi connectivity index (χ2v) is 11.4. The smallest absolute Gasteiger partial charge is 0.271 e. The molecule has 0 radical (unpaired) electrons. The van der Waals surface area contributed by atoms with Gasteiger partial charge in [0.15, 0.2) is 5.82 Å². The molecule has 3 heterocycles. The lowest BCUT2D eigenvalue weighted by Crippen LogP contribution is -2.49. The molecule has 39 heavy (non-hydrogen) atoms. The van der Waals surface area contributed by atoms with Crippen molar-refractivity contribution >= 4 is 39.1 Å². The summed E-state index contributed by atoms with van der Waals surface area (Å²) in [7, 11) is 3.37. The minimum absolute atomic E-state index is 0.0400. The first-order valence-electron chi connectivity index (χ1n) is 12.8. The zero-order valence-electron chi connectivity index (χ0n) is 22.1. The Labute approximate surface area is 229 Å². The van der Waals surface area contributed by atoms with Gasteiger partial charge >= 0.3 is 0 Å². The molecule has 11 heteroatoms. The number of thiazole rings is 1. The second-order valence-electron chi connectivity index (χ2n) is 10.5. The summed E-state index contributed by atoms with van der Waals surface area (Å²) in [6.45, 7) is 3.82. The van der Waals surface area contributed by atoms with Crippen LogP contribution in [0.15, 0.2) is 54.2 Å². The molecule has 0 bridgehead atoms. The van der Waals surface area contributed by atoms with E-state index in [1.165, 1.54) is 10.5 Å². The number of likely N-dealkylation sites (N-methyl/N-ethyl adjacent to an activating group) is 1. The molecule has 6 rings (SSSR count). The van der Waals surface area contributed by atoms with Crippen LogP contribution in [-0.4, -0.2) is 66.6 Å². The maximum atomic E-state index is 12.9. The van der Waals surface area contributed by atoms with Crippen LogP contribution < -0.4 is 5.32 Å². The van der Waals surface area contributed by atoms with E-state index in [1.807, 2.05) is 31.5 Å². The summed E-state index contributed by atoms with van der Waals surface area (Å²) >= 11 is 1.63. The Bertz CT molecular complexity index is 1700. The highest BCUT2D eigenvalue weighted by Crippen LogP contribution is 2.53. The number of rotatable bonds is 7.